The molecule has 0 aromatic heterocycles. The standard InChI is InChI=1S/C10H17N3O2S.ClH/c1-6-4-11-3-2-7(6)12-9(14)8-5-16-10(15)13-8;/h6-8,11H,2-5H2,1H3,(H,12,14)(H,13,15);1H/t6?,7?,8-;/m0./s1. The Morgan fingerprint density at radius 3 is 2.88 bits per heavy atom. The molecule has 2 rings (SSSR count). The molecule has 0 aromatic rings. The Hall–Kier alpha value is -0.460. The molecule has 3 N–H and O–H groups in total. The fourth-order valence-electron chi connectivity index (χ4n) is 2.04. The minimum atomic E-state index is -0.348. The van der Waals surface area contributed by atoms with Crippen molar-refractivity contribution in [3.8, 4) is 0 Å². The number of carbonyl (C=O) groups is 2. The maximum absolute atomic E-state index is 11.8. The number of hydrogen-bond donors (Lipinski definition) is 3. The number of piperidine rings is 1. The molecule has 2 saturated heterocycles. The van der Waals surface area contributed by atoms with Crippen LogP contribution < -0.4 is 16.0 Å². The van der Waals surface area contributed by atoms with E-state index in [0.717, 1.165) is 19.5 Å². The van der Waals surface area contributed by atoms with Gasteiger partial charge in [-0.25, -0.2) is 0 Å². The lowest BCUT2D eigenvalue weighted by Gasteiger charge is -2.30. The second kappa shape index (κ2) is 6.47. The summed E-state index contributed by atoms with van der Waals surface area (Å²) in [5.74, 6) is 0.948. The van der Waals surface area contributed by atoms with E-state index in [4.69, 9.17) is 0 Å². The maximum atomic E-state index is 11.8. The maximum Gasteiger partial charge on any atom is 0.279 e. The molecule has 0 bridgehead atoms. The van der Waals surface area contributed by atoms with E-state index in [-0.39, 0.29) is 35.6 Å². The van der Waals surface area contributed by atoms with Gasteiger partial charge in [0.25, 0.3) is 5.24 Å². The Morgan fingerprint density at radius 2 is 2.29 bits per heavy atom. The highest BCUT2D eigenvalue weighted by Gasteiger charge is 2.31. The van der Waals surface area contributed by atoms with E-state index in [9.17, 15) is 9.59 Å². The van der Waals surface area contributed by atoms with Gasteiger partial charge in [0.2, 0.25) is 5.91 Å². The quantitative estimate of drug-likeness (QED) is 0.682. The van der Waals surface area contributed by atoms with Gasteiger partial charge in [0.15, 0.2) is 0 Å². The molecule has 0 saturated carbocycles. The highest BCUT2D eigenvalue weighted by atomic mass is 35.5. The molecule has 7 heteroatoms. The summed E-state index contributed by atoms with van der Waals surface area (Å²) in [5, 5.41) is 8.87. The predicted octanol–water partition coefficient (Wildman–Crippen LogP) is 0.347. The Morgan fingerprint density at radius 1 is 1.53 bits per heavy atom. The molecule has 2 heterocycles. The third-order valence-corrected chi connectivity index (χ3v) is 3.98. The van der Waals surface area contributed by atoms with Gasteiger partial charge in [-0.1, -0.05) is 18.7 Å². The summed E-state index contributed by atoms with van der Waals surface area (Å²) in [6, 6.07) is -0.115. The van der Waals surface area contributed by atoms with Crippen molar-refractivity contribution in [3.63, 3.8) is 0 Å². The summed E-state index contributed by atoms with van der Waals surface area (Å²) < 4.78 is 0. The molecule has 5 nitrogen and oxygen atoms in total. The van der Waals surface area contributed by atoms with Gasteiger partial charge in [0.1, 0.15) is 6.04 Å². The number of carbonyl (C=O) groups excluding carboxylic acids is 2. The Bertz CT molecular complexity index is 303. The van der Waals surface area contributed by atoms with Crippen LogP contribution in [0.25, 0.3) is 0 Å². The summed E-state index contributed by atoms with van der Waals surface area (Å²) in [4.78, 5) is 22.8. The molecular weight excluding hydrogens is 262 g/mol. The van der Waals surface area contributed by atoms with Crippen molar-refractivity contribution in [3.05, 3.63) is 0 Å². The smallest absolute Gasteiger partial charge is 0.279 e. The van der Waals surface area contributed by atoms with Gasteiger partial charge >= 0.3 is 0 Å². The SMILES string of the molecule is CC1CNCCC1NC(=O)[C@@H]1CSC(=O)N1.Cl. The minimum absolute atomic E-state index is 0. The first-order valence-corrected chi connectivity index (χ1v) is 6.60. The number of amides is 2. The highest BCUT2D eigenvalue weighted by Crippen LogP contribution is 2.15. The Balaban J connectivity index is 0.00000144. The van der Waals surface area contributed by atoms with Gasteiger partial charge in [-0.2, -0.15) is 0 Å². The third-order valence-electron chi connectivity index (χ3n) is 3.10. The summed E-state index contributed by atoms with van der Waals surface area (Å²) in [6.45, 7) is 4.01. The molecular formula is C10H18ClN3O2S. The summed E-state index contributed by atoms with van der Waals surface area (Å²) in [7, 11) is 0. The van der Waals surface area contributed by atoms with Crippen LogP contribution in [0.15, 0.2) is 0 Å². The first-order chi connectivity index (χ1) is 7.66. The van der Waals surface area contributed by atoms with E-state index in [0.29, 0.717) is 11.7 Å². The van der Waals surface area contributed by atoms with Crippen molar-refractivity contribution in [2.45, 2.75) is 25.4 Å². The van der Waals surface area contributed by atoms with Gasteiger partial charge < -0.3 is 16.0 Å². The monoisotopic (exact) mass is 279 g/mol. The second-order valence-electron chi connectivity index (χ2n) is 4.38. The normalized spacial score (nSPS) is 32.5. The van der Waals surface area contributed by atoms with Gasteiger partial charge in [-0.05, 0) is 25.4 Å². The molecule has 2 unspecified atom stereocenters. The van der Waals surface area contributed by atoms with Crippen molar-refractivity contribution in [2.75, 3.05) is 18.8 Å². The van der Waals surface area contributed by atoms with Gasteiger partial charge in [-0.15, -0.1) is 12.4 Å². The lowest BCUT2D eigenvalue weighted by Crippen LogP contribution is -2.53. The van der Waals surface area contributed by atoms with E-state index in [1.165, 1.54) is 11.8 Å². The zero-order chi connectivity index (χ0) is 11.5. The van der Waals surface area contributed by atoms with Crippen LogP contribution in [-0.4, -0.2) is 42.1 Å². The predicted molar refractivity (Wildman–Crippen MR) is 70.6 cm³/mol. The molecule has 3 atom stereocenters. The van der Waals surface area contributed by atoms with Crippen LogP contribution in [0.5, 0.6) is 0 Å². The van der Waals surface area contributed by atoms with E-state index in [2.05, 4.69) is 22.9 Å². The zero-order valence-corrected chi connectivity index (χ0v) is 11.3. The molecule has 98 valence electrons. The summed E-state index contributed by atoms with van der Waals surface area (Å²) in [6.07, 6.45) is 0.959. The van der Waals surface area contributed by atoms with Crippen molar-refractivity contribution >= 4 is 35.3 Å². The minimum Gasteiger partial charge on any atom is -0.351 e. The number of hydrogen-bond acceptors (Lipinski definition) is 4. The summed E-state index contributed by atoms with van der Waals surface area (Å²) in [5.41, 5.74) is 0. The van der Waals surface area contributed by atoms with Crippen LogP contribution in [0.3, 0.4) is 0 Å². The first-order valence-electron chi connectivity index (χ1n) is 5.61. The molecule has 0 spiro atoms. The van der Waals surface area contributed by atoms with Crippen LogP contribution in [0.1, 0.15) is 13.3 Å². The molecule has 2 fully saturated rings. The topological polar surface area (TPSA) is 70.2 Å². The number of nitrogens with one attached hydrogen (secondary N) is 3. The fraction of sp³-hybridized carbons (Fsp3) is 0.800. The molecule has 2 amide bonds. The van der Waals surface area contributed by atoms with Gasteiger partial charge in [0, 0.05) is 11.8 Å². The lowest BCUT2D eigenvalue weighted by molar-refractivity contribution is -0.123. The first kappa shape index (κ1) is 14.6. The molecule has 17 heavy (non-hydrogen) atoms. The van der Waals surface area contributed by atoms with E-state index in [1.807, 2.05) is 0 Å². The average molecular weight is 280 g/mol. The van der Waals surface area contributed by atoms with Crippen molar-refractivity contribution in [2.24, 2.45) is 5.92 Å². The second-order valence-corrected chi connectivity index (χ2v) is 5.37. The van der Waals surface area contributed by atoms with Crippen molar-refractivity contribution in [1.82, 2.24) is 16.0 Å². The fourth-order valence-corrected chi connectivity index (χ4v) is 2.82. The number of halogens is 1. The average Bonchev–Trinajstić information content (AvgIpc) is 2.68. The molecule has 2 aliphatic rings. The highest BCUT2D eigenvalue weighted by molar-refractivity contribution is 8.14. The van der Waals surface area contributed by atoms with Crippen LogP contribution in [0, 0.1) is 5.92 Å². The van der Waals surface area contributed by atoms with Gasteiger partial charge in [-0.3, -0.25) is 9.59 Å². The van der Waals surface area contributed by atoms with E-state index >= 15 is 0 Å². The van der Waals surface area contributed by atoms with Gasteiger partial charge in [0.05, 0.1) is 0 Å². The molecule has 0 aliphatic carbocycles. The van der Waals surface area contributed by atoms with E-state index in [1.54, 1.807) is 0 Å². The lowest BCUT2D eigenvalue weighted by atomic mass is 9.95. The third kappa shape index (κ3) is 3.76. The van der Waals surface area contributed by atoms with Crippen LogP contribution >= 0.6 is 24.2 Å². The number of thioether (sulfide) groups is 1. The van der Waals surface area contributed by atoms with E-state index < -0.39 is 0 Å². The summed E-state index contributed by atoms with van der Waals surface area (Å²) >= 11 is 1.17. The molecule has 0 aromatic carbocycles. The number of rotatable bonds is 2. The van der Waals surface area contributed by atoms with Crippen LogP contribution in [0.2, 0.25) is 0 Å². The zero-order valence-electron chi connectivity index (χ0n) is 9.69. The Kier molecular flexibility index (Phi) is 5.55. The van der Waals surface area contributed by atoms with Crippen molar-refractivity contribution in [1.29, 1.82) is 0 Å². The molecule has 2 aliphatic heterocycles. The molecule has 0 radical (unpaired) electrons. The van der Waals surface area contributed by atoms with Crippen LogP contribution in [-0.2, 0) is 4.79 Å². The largest absolute Gasteiger partial charge is 0.351 e. The van der Waals surface area contributed by atoms with Crippen LogP contribution in [0.4, 0.5) is 4.79 Å². The Labute approximate surface area is 111 Å². The van der Waals surface area contributed by atoms with Crippen molar-refractivity contribution < 1.29 is 9.59 Å².